The molecule has 4 aromatic rings. The fourth-order valence-corrected chi connectivity index (χ4v) is 5.50. The van der Waals surface area contributed by atoms with Gasteiger partial charge in [0.05, 0.1) is 20.8 Å². The molecule has 2 aromatic carbocycles. The lowest BCUT2D eigenvalue weighted by Gasteiger charge is -2.13. The number of fused-ring (bicyclic) bond motifs is 1. The Labute approximate surface area is 221 Å². The largest absolute Gasteiger partial charge is 0.493 e. The second-order valence-electron chi connectivity index (χ2n) is 8.59. The molecule has 37 heavy (non-hydrogen) atoms. The summed E-state index contributed by atoms with van der Waals surface area (Å²) in [4.78, 5) is 26.8. The molecule has 0 atom stereocenters. The van der Waals surface area contributed by atoms with Crippen LogP contribution in [0.2, 0.25) is 0 Å². The second kappa shape index (κ2) is 11.5. The molecule has 0 saturated heterocycles. The van der Waals surface area contributed by atoms with Gasteiger partial charge in [-0.25, -0.2) is 4.79 Å². The number of anilines is 1. The summed E-state index contributed by atoms with van der Waals surface area (Å²) in [6.07, 6.45) is 1.97. The van der Waals surface area contributed by atoms with Crippen molar-refractivity contribution < 1.29 is 23.8 Å². The fourth-order valence-electron chi connectivity index (χ4n) is 4.55. The number of nitrogens with one attached hydrogen (secondary N) is 1. The molecule has 0 aliphatic rings. The maximum Gasteiger partial charge on any atom is 0.341 e. The minimum Gasteiger partial charge on any atom is -0.493 e. The van der Waals surface area contributed by atoms with E-state index in [4.69, 9.17) is 14.2 Å². The first-order chi connectivity index (χ1) is 17.9. The van der Waals surface area contributed by atoms with Crippen LogP contribution in [-0.4, -0.2) is 37.3 Å². The number of hydrogen-bond acceptors (Lipinski definition) is 6. The molecular weight excluding hydrogens is 488 g/mol. The Morgan fingerprint density at radius 3 is 2.49 bits per heavy atom. The van der Waals surface area contributed by atoms with E-state index in [9.17, 15) is 9.59 Å². The number of ether oxygens (including phenoxy) is 3. The van der Waals surface area contributed by atoms with Crippen LogP contribution in [-0.2, 0) is 11.3 Å². The van der Waals surface area contributed by atoms with Crippen molar-refractivity contribution in [3.05, 3.63) is 64.7 Å². The third-order valence-corrected chi connectivity index (χ3v) is 7.26. The average Bonchev–Trinajstić information content (AvgIpc) is 3.45. The number of para-hydroxylation sites is 1. The molecule has 0 aliphatic heterocycles. The molecular formula is C29H32N2O5S. The molecule has 0 radical (unpaired) electrons. The Kier molecular flexibility index (Phi) is 8.18. The molecule has 1 N–H and O–H groups in total. The second-order valence-corrected chi connectivity index (χ2v) is 9.47. The van der Waals surface area contributed by atoms with Gasteiger partial charge >= 0.3 is 5.97 Å². The van der Waals surface area contributed by atoms with E-state index in [-0.39, 0.29) is 12.5 Å². The maximum atomic E-state index is 13.7. The first-order valence-electron chi connectivity index (χ1n) is 12.3. The van der Waals surface area contributed by atoms with Gasteiger partial charge in [-0.2, -0.15) is 0 Å². The Hall–Kier alpha value is -3.78. The molecule has 0 spiro atoms. The average molecular weight is 521 g/mol. The number of aryl methyl sites for hydroxylation is 2. The predicted molar refractivity (Wildman–Crippen MR) is 148 cm³/mol. The molecule has 0 aliphatic carbocycles. The van der Waals surface area contributed by atoms with Crippen molar-refractivity contribution in [3.8, 4) is 22.6 Å². The van der Waals surface area contributed by atoms with Crippen LogP contribution in [0.4, 0.5) is 5.00 Å². The standard InChI is InChI=1S/C29H32N2O5S/c1-6-8-15-31-22-12-10-9-11-20(22)18(3)26(31)27(32)30-28-25(29(33)36-7-2)21(17-37-28)19-13-14-23(34-4)24(16-19)35-5/h9-14,16-17H,6-8,15H2,1-5H3,(H,30,32). The monoisotopic (exact) mass is 520 g/mol. The lowest BCUT2D eigenvalue weighted by atomic mass is 10.0. The normalized spacial score (nSPS) is 10.9. The summed E-state index contributed by atoms with van der Waals surface area (Å²) in [7, 11) is 3.13. The van der Waals surface area contributed by atoms with Gasteiger partial charge in [-0.05, 0) is 49.6 Å². The van der Waals surface area contributed by atoms with Gasteiger partial charge in [0.15, 0.2) is 11.5 Å². The minimum absolute atomic E-state index is 0.220. The highest BCUT2D eigenvalue weighted by molar-refractivity contribution is 7.15. The number of carbonyl (C=O) groups is 2. The van der Waals surface area contributed by atoms with Crippen molar-refractivity contribution in [2.75, 3.05) is 26.1 Å². The van der Waals surface area contributed by atoms with E-state index < -0.39 is 5.97 Å². The van der Waals surface area contributed by atoms with Crippen LogP contribution in [0.15, 0.2) is 47.8 Å². The maximum absolute atomic E-state index is 13.7. The van der Waals surface area contributed by atoms with Crippen molar-refractivity contribution in [2.45, 2.75) is 40.2 Å². The number of thiophene rings is 1. The van der Waals surface area contributed by atoms with Crippen molar-refractivity contribution >= 4 is 39.1 Å². The van der Waals surface area contributed by atoms with Gasteiger partial charge in [-0.1, -0.05) is 37.6 Å². The first-order valence-corrected chi connectivity index (χ1v) is 13.2. The predicted octanol–water partition coefficient (Wildman–Crippen LogP) is 6.92. The van der Waals surface area contributed by atoms with Crippen molar-refractivity contribution in [1.82, 2.24) is 4.57 Å². The number of rotatable bonds is 10. The molecule has 2 heterocycles. The van der Waals surface area contributed by atoms with E-state index in [1.807, 2.05) is 48.7 Å². The van der Waals surface area contributed by atoms with Crippen LogP contribution in [0.25, 0.3) is 22.0 Å². The molecule has 194 valence electrons. The summed E-state index contributed by atoms with van der Waals surface area (Å²) in [6.45, 7) is 6.81. The number of unbranched alkanes of at least 4 members (excludes halogenated alkanes) is 1. The van der Waals surface area contributed by atoms with Crippen molar-refractivity contribution in [1.29, 1.82) is 0 Å². The van der Waals surface area contributed by atoms with Crippen molar-refractivity contribution in [2.24, 2.45) is 0 Å². The third kappa shape index (κ3) is 5.06. The Morgan fingerprint density at radius 2 is 1.78 bits per heavy atom. The van der Waals surface area contributed by atoms with Gasteiger partial charge in [0.25, 0.3) is 5.91 Å². The molecule has 8 heteroatoms. The highest BCUT2D eigenvalue weighted by Gasteiger charge is 2.26. The van der Waals surface area contributed by atoms with E-state index in [2.05, 4.69) is 16.8 Å². The van der Waals surface area contributed by atoms with Gasteiger partial charge < -0.3 is 24.1 Å². The van der Waals surface area contributed by atoms with Gasteiger partial charge in [0.1, 0.15) is 16.3 Å². The van der Waals surface area contributed by atoms with Crippen LogP contribution in [0, 0.1) is 6.92 Å². The summed E-state index contributed by atoms with van der Waals surface area (Å²) in [6, 6.07) is 13.5. The zero-order valence-electron chi connectivity index (χ0n) is 21.8. The van der Waals surface area contributed by atoms with E-state index in [0.29, 0.717) is 33.3 Å². The number of benzene rings is 2. The van der Waals surface area contributed by atoms with Gasteiger partial charge in [-0.3, -0.25) is 4.79 Å². The molecule has 4 rings (SSSR count). The Bertz CT molecular complexity index is 1440. The Morgan fingerprint density at radius 1 is 1.03 bits per heavy atom. The SMILES string of the molecule is CCCCn1c(C(=O)Nc2scc(-c3ccc(OC)c(OC)c3)c2C(=O)OCC)c(C)c2ccccc21. The highest BCUT2D eigenvalue weighted by atomic mass is 32.1. The molecule has 0 unspecified atom stereocenters. The molecule has 0 bridgehead atoms. The zero-order chi connectivity index (χ0) is 26.5. The number of methoxy groups -OCH3 is 2. The van der Waals surface area contributed by atoms with E-state index in [1.165, 1.54) is 11.3 Å². The summed E-state index contributed by atoms with van der Waals surface area (Å²) >= 11 is 1.29. The van der Waals surface area contributed by atoms with Gasteiger partial charge in [0, 0.05) is 28.4 Å². The van der Waals surface area contributed by atoms with Crippen molar-refractivity contribution in [3.63, 3.8) is 0 Å². The van der Waals surface area contributed by atoms with Crippen LogP contribution in [0.1, 0.15) is 53.1 Å². The zero-order valence-corrected chi connectivity index (χ0v) is 22.7. The van der Waals surface area contributed by atoms with Crippen LogP contribution in [0.3, 0.4) is 0 Å². The quantitative estimate of drug-likeness (QED) is 0.230. The fraction of sp³-hybridized carbons (Fsp3) is 0.310. The smallest absolute Gasteiger partial charge is 0.341 e. The number of aromatic nitrogens is 1. The van der Waals surface area contributed by atoms with Gasteiger partial charge in [-0.15, -0.1) is 11.3 Å². The molecule has 7 nitrogen and oxygen atoms in total. The summed E-state index contributed by atoms with van der Waals surface area (Å²) in [5, 5.41) is 6.37. The summed E-state index contributed by atoms with van der Waals surface area (Å²) in [5.41, 5.74) is 4.28. The lowest BCUT2D eigenvalue weighted by Crippen LogP contribution is -2.19. The first kappa shape index (κ1) is 26.3. The number of hydrogen-bond donors (Lipinski definition) is 1. The minimum atomic E-state index is -0.493. The van der Waals surface area contributed by atoms with Crippen LogP contribution in [0.5, 0.6) is 11.5 Å². The van der Waals surface area contributed by atoms with E-state index >= 15 is 0 Å². The highest BCUT2D eigenvalue weighted by Crippen LogP contribution is 2.40. The summed E-state index contributed by atoms with van der Waals surface area (Å²) in [5.74, 6) is 0.383. The molecule has 0 saturated carbocycles. The van der Waals surface area contributed by atoms with E-state index in [0.717, 1.165) is 41.4 Å². The van der Waals surface area contributed by atoms with E-state index in [1.54, 1.807) is 27.2 Å². The Balaban J connectivity index is 1.78. The number of nitrogens with zero attached hydrogens (tertiary/aromatic N) is 1. The molecule has 1 amide bonds. The number of amides is 1. The molecule has 0 fully saturated rings. The van der Waals surface area contributed by atoms with Crippen LogP contribution < -0.4 is 14.8 Å². The third-order valence-electron chi connectivity index (χ3n) is 6.37. The number of carbonyl (C=O) groups excluding carboxylic acids is 2. The number of esters is 1. The topological polar surface area (TPSA) is 78.8 Å². The summed E-state index contributed by atoms with van der Waals surface area (Å²) < 4.78 is 18.3. The van der Waals surface area contributed by atoms with Gasteiger partial charge in [0.2, 0.25) is 0 Å². The molecule has 2 aromatic heterocycles. The lowest BCUT2D eigenvalue weighted by molar-refractivity contribution is 0.0529. The van der Waals surface area contributed by atoms with Crippen LogP contribution >= 0.6 is 11.3 Å².